The Hall–Kier alpha value is -0.920. The molecule has 0 saturated carbocycles. The zero-order valence-electron chi connectivity index (χ0n) is 11.5. The predicted molar refractivity (Wildman–Crippen MR) is 82.8 cm³/mol. The van der Waals surface area contributed by atoms with Crippen molar-refractivity contribution in [2.45, 2.75) is 6.92 Å². The highest BCUT2D eigenvalue weighted by atomic mass is 79.9. The quantitative estimate of drug-likeness (QED) is 0.770. The van der Waals surface area contributed by atoms with Gasteiger partial charge in [0.1, 0.15) is 0 Å². The molecule has 0 radical (unpaired) electrons. The molecule has 1 heterocycles. The van der Waals surface area contributed by atoms with Crippen molar-refractivity contribution >= 4 is 37.4 Å². The Morgan fingerprint density at radius 1 is 1.20 bits per heavy atom. The Morgan fingerprint density at radius 3 is 2.25 bits per heavy atom. The molecule has 5 nitrogen and oxygen atoms in total. The Kier molecular flexibility index (Phi) is 4.51. The predicted octanol–water partition coefficient (Wildman–Crippen LogP) is 1.73. The Bertz CT molecular complexity index is 623. The van der Waals surface area contributed by atoms with E-state index in [2.05, 4.69) is 20.8 Å². The molecule has 0 aliphatic carbocycles. The zero-order valence-corrected chi connectivity index (χ0v) is 13.9. The number of sulfonamides is 1. The van der Waals surface area contributed by atoms with Crippen LogP contribution in [0, 0.1) is 0 Å². The van der Waals surface area contributed by atoms with Crippen LogP contribution >= 0.6 is 15.9 Å². The lowest BCUT2D eigenvalue weighted by Gasteiger charge is -2.35. The van der Waals surface area contributed by atoms with Gasteiger partial charge in [-0.3, -0.25) is 4.79 Å². The maximum Gasteiger partial charge on any atom is 0.211 e. The number of nitrogens with zero attached hydrogens (tertiary/aromatic N) is 2. The highest BCUT2D eigenvalue weighted by molar-refractivity contribution is 9.10. The van der Waals surface area contributed by atoms with Crippen LogP contribution in [0.4, 0.5) is 5.69 Å². The highest BCUT2D eigenvalue weighted by Crippen LogP contribution is 2.28. The van der Waals surface area contributed by atoms with Gasteiger partial charge in [0.15, 0.2) is 5.78 Å². The van der Waals surface area contributed by atoms with Gasteiger partial charge in [0.25, 0.3) is 0 Å². The molecule has 1 saturated heterocycles. The standard InChI is InChI=1S/C13H17BrN2O3S/c1-10(17)11-3-4-13(12(14)9-11)15-5-7-16(8-6-15)20(2,18)19/h3-4,9H,5-8H2,1-2H3. The van der Waals surface area contributed by atoms with Crippen molar-refractivity contribution in [3.63, 3.8) is 0 Å². The first-order valence-electron chi connectivity index (χ1n) is 6.29. The third-order valence-corrected chi connectivity index (χ3v) is 5.34. The van der Waals surface area contributed by atoms with E-state index in [1.54, 1.807) is 12.1 Å². The van der Waals surface area contributed by atoms with Gasteiger partial charge in [-0.1, -0.05) is 0 Å². The third kappa shape index (κ3) is 3.39. The molecule has 2 rings (SSSR count). The van der Waals surface area contributed by atoms with Crippen molar-refractivity contribution in [3.8, 4) is 0 Å². The number of piperazine rings is 1. The van der Waals surface area contributed by atoms with Crippen LogP contribution < -0.4 is 4.90 Å². The first-order valence-corrected chi connectivity index (χ1v) is 8.94. The van der Waals surface area contributed by atoms with Crippen molar-refractivity contribution < 1.29 is 13.2 Å². The van der Waals surface area contributed by atoms with Gasteiger partial charge in [-0.05, 0) is 41.1 Å². The summed E-state index contributed by atoms with van der Waals surface area (Å²) >= 11 is 3.48. The molecule has 0 spiro atoms. The largest absolute Gasteiger partial charge is 0.368 e. The van der Waals surface area contributed by atoms with Crippen molar-refractivity contribution in [2.75, 3.05) is 37.3 Å². The SMILES string of the molecule is CC(=O)c1ccc(N2CCN(S(C)(=O)=O)CC2)c(Br)c1. The minimum absolute atomic E-state index is 0.0270. The lowest BCUT2D eigenvalue weighted by atomic mass is 10.1. The molecule has 7 heteroatoms. The average Bonchev–Trinajstić information content (AvgIpc) is 2.37. The molecule has 110 valence electrons. The van der Waals surface area contributed by atoms with E-state index >= 15 is 0 Å². The Morgan fingerprint density at radius 2 is 1.80 bits per heavy atom. The smallest absolute Gasteiger partial charge is 0.211 e. The van der Waals surface area contributed by atoms with E-state index in [1.165, 1.54) is 17.5 Å². The van der Waals surface area contributed by atoms with Gasteiger partial charge in [0.05, 0.1) is 11.9 Å². The number of hydrogen-bond donors (Lipinski definition) is 0. The number of carbonyl (C=O) groups excluding carboxylic acids is 1. The van der Waals surface area contributed by atoms with Crippen LogP contribution in [0.3, 0.4) is 0 Å². The molecule has 1 aromatic carbocycles. The molecule has 0 aromatic heterocycles. The monoisotopic (exact) mass is 360 g/mol. The molecule has 20 heavy (non-hydrogen) atoms. The molecule has 1 aliphatic rings. The van der Waals surface area contributed by atoms with Gasteiger partial charge in [0, 0.05) is 36.2 Å². The summed E-state index contributed by atoms with van der Waals surface area (Å²) in [6, 6.07) is 5.50. The van der Waals surface area contributed by atoms with E-state index in [1.807, 2.05) is 6.07 Å². The molecule has 1 fully saturated rings. The number of halogens is 1. The van der Waals surface area contributed by atoms with Gasteiger partial charge >= 0.3 is 0 Å². The van der Waals surface area contributed by atoms with Crippen molar-refractivity contribution in [1.29, 1.82) is 0 Å². The van der Waals surface area contributed by atoms with Crippen molar-refractivity contribution in [2.24, 2.45) is 0 Å². The summed E-state index contributed by atoms with van der Waals surface area (Å²) in [5, 5.41) is 0. The molecule has 0 bridgehead atoms. The van der Waals surface area contributed by atoms with E-state index in [0.29, 0.717) is 31.7 Å². The summed E-state index contributed by atoms with van der Waals surface area (Å²) in [7, 11) is -3.11. The Labute approximate surface area is 127 Å². The van der Waals surface area contributed by atoms with Gasteiger partial charge in [-0.25, -0.2) is 8.42 Å². The fourth-order valence-electron chi connectivity index (χ4n) is 2.24. The average molecular weight is 361 g/mol. The molecule has 0 atom stereocenters. The Balaban J connectivity index is 2.13. The first-order chi connectivity index (χ1) is 9.29. The van der Waals surface area contributed by atoms with Crippen molar-refractivity contribution in [3.05, 3.63) is 28.2 Å². The van der Waals surface area contributed by atoms with E-state index in [0.717, 1.165) is 10.2 Å². The number of hydrogen-bond acceptors (Lipinski definition) is 4. The van der Waals surface area contributed by atoms with Crippen LogP contribution in [0.25, 0.3) is 0 Å². The minimum Gasteiger partial charge on any atom is -0.368 e. The van der Waals surface area contributed by atoms with Crippen molar-refractivity contribution in [1.82, 2.24) is 4.31 Å². The number of Topliss-reactive ketones (excluding diaryl/α,β-unsaturated/α-hetero) is 1. The second kappa shape index (κ2) is 5.83. The zero-order chi connectivity index (χ0) is 14.9. The fourth-order valence-corrected chi connectivity index (χ4v) is 3.70. The normalized spacial score (nSPS) is 17.2. The summed E-state index contributed by atoms with van der Waals surface area (Å²) in [4.78, 5) is 13.5. The van der Waals surface area contributed by atoms with Gasteiger partial charge in [-0.2, -0.15) is 4.31 Å². The molecule has 1 aromatic rings. The van der Waals surface area contributed by atoms with Crippen LogP contribution in [0.2, 0.25) is 0 Å². The van der Waals surface area contributed by atoms with E-state index in [4.69, 9.17) is 0 Å². The summed E-state index contributed by atoms with van der Waals surface area (Å²) in [5.41, 5.74) is 1.65. The fraction of sp³-hybridized carbons (Fsp3) is 0.462. The molecule has 0 unspecified atom stereocenters. The van der Waals surface area contributed by atoms with E-state index in [-0.39, 0.29) is 5.78 Å². The number of carbonyl (C=O) groups is 1. The van der Waals surface area contributed by atoms with Crippen LogP contribution in [-0.4, -0.2) is 50.9 Å². The van der Waals surface area contributed by atoms with Gasteiger partial charge in [0.2, 0.25) is 10.0 Å². The van der Waals surface area contributed by atoms with E-state index in [9.17, 15) is 13.2 Å². The van der Waals surface area contributed by atoms with Gasteiger partial charge in [-0.15, -0.1) is 0 Å². The van der Waals surface area contributed by atoms with Crippen LogP contribution in [0.5, 0.6) is 0 Å². The number of ketones is 1. The third-order valence-electron chi connectivity index (χ3n) is 3.40. The van der Waals surface area contributed by atoms with Gasteiger partial charge < -0.3 is 4.90 Å². The highest BCUT2D eigenvalue weighted by Gasteiger charge is 2.24. The van der Waals surface area contributed by atoms with Crippen LogP contribution in [0.1, 0.15) is 17.3 Å². The topological polar surface area (TPSA) is 57.7 Å². The second-order valence-corrected chi connectivity index (χ2v) is 7.71. The number of benzene rings is 1. The molecule has 1 aliphatic heterocycles. The van der Waals surface area contributed by atoms with Crippen LogP contribution in [-0.2, 0) is 10.0 Å². The minimum atomic E-state index is -3.11. The lowest BCUT2D eigenvalue weighted by Crippen LogP contribution is -2.48. The molecule has 0 amide bonds. The number of anilines is 1. The molecule has 0 N–H and O–H groups in total. The maximum absolute atomic E-state index is 11.5. The number of rotatable bonds is 3. The lowest BCUT2D eigenvalue weighted by molar-refractivity contribution is 0.101. The second-order valence-electron chi connectivity index (χ2n) is 4.87. The summed E-state index contributed by atoms with van der Waals surface area (Å²) in [6.45, 7) is 3.79. The summed E-state index contributed by atoms with van der Waals surface area (Å²) in [6.07, 6.45) is 1.24. The maximum atomic E-state index is 11.5. The first kappa shape index (κ1) is 15.5. The molecular formula is C13H17BrN2O3S. The summed E-state index contributed by atoms with van der Waals surface area (Å²) in [5.74, 6) is 0.0270. The molecular weight excluding hydrogens is 344 g/mol. The summed E-state index contributed by atoms with van der Waals surface area (Å²) < 4.78 is 25.3. The van der Waals surface area contributed by atoms with Crippen LogP contribution in [0.15, 0.2) is 22.7 Å². The van der Waals surface area contributed by atoms with E-state index < -0.39 is 10.0 Å².